The maximum atomic E-state index is 13.0. The van der Waals surface area contributed by atoms with Crippen LogP contribution in [0.4, 0.5) is 0 Å². The van der Waals surface area contributed by atoms with Crippen molar-refractivity contribution < 1.29 is 51.2 Å². The molecule has 14 heteroatoms. The molecule has 0 aromatic heterocycles. The van der Waals surface area contributed by atoms with Gasteiger partial charge in [-0.05, 0) is 43.0 Å². The minimum Gasteiger partial charge on any atom is -0.507 e. The Hall–Kier alpha value is -3.04. The zero-order valence-electron chi connectivity index (χ0n) is 24.7. The van der Waals surface area contributed by atoms with Gasteiger partial charge < -0.3 is 30.1 Å². The number of aliphatic hydroxyl groups is 2. The molecule has 240 valence electrons. The van der Waals surface area contributed by atoms with Crippen LogP contribution in [0.25, 0.3) is 6.08 Å². The molecule has 0 spiro atoms. The highest BCUT2D eigenvalue weighted by Gasteiger charge is 2.25. The number of ketones is 1. The molecule has 1 aliphatic rings. The number of esters is 1. The Kier molecular flexibility index (Phi) is 13.6. The highest BCUT2D eigenvalue weighted by Crippen LogP contribution is 2.31. The number of carbonyl (C=O) groups is 2. The standard InChI is InChI=1S/C29H41NO11S2/c1-19-10-11-25(32)28(34)24(31)9-5-8-22-15-23(16-26(33)27(22)29(35)41-20(19)2)40-13-12-30-17-21(18-43(4,38)39)7-6-14-42(3,36)37/h5,7-8,10-11,15-16,19-20,24,28,30-31,33-34H,6,9,12-14,17-18H2,1-4H3/b8-5+,11-10-,21-7+/t19-,20+,24+,28+/m1/s1. The van der Waals surface area contributed by atoms with E-state index >= 15 is 0 Å². The van der Waals surface area contributed by atoms with Crippen LogP contribution in [0.15, 0.2) is 42.0 Å². The zero-order chi connectivity index (χ0) is 32.4. The van der Waals surface area contributed by atoms with Crippen molar-refractivity contribution in [3.63, 3.8) is 0 Å². The van der Waals surface area contributed by atoms with Gasteiger partial charge >= 0.3 is 5.97 Å². The molecule has 0 unspecified atom stereocenters. The predicted molar refractivity (Wildman–Crippen MR) is 162 cm³/mol. The van der Waals surface area contributed by atoms with Crippen molar-refractivity contribution in [1.82, 2.24) is 5.32 Å². The number of phenols is 1. The Morgan fingerprint density at radius 3 is 2.44 bits per heavy atom. The van der Waals surface area contributed by atoms with Crippen LogP contribution in [0.3, 0.4) is 0 Å². The SMILES string of the molecule is C[C@@H]1/C=C\C(=O)[C@@H](O)[C@@H](O)C/C=C/c2cc(OCCNC/C(=C\CCS(C)(=O)=O)CS(C)(=O)=O)cc(O)c2C(=O)O[C@H]1C. The second-order valence-corrected chi connectivity index (χ2v) is 15.1. The van der Waals surface area contributed by atoms with Crippen LogP contribution in [0.2, 0.25) is 0 Å². The number of benzene rings is 1. The summed E-state index contributed by atoms with van der Waals surface area (Å²) in [7, 11) is -6.53. The van der Waals surface area contributed by atoms with Crippen LogP contribution in [-0.4, -0.2) is 106 Å². The van der Waals surface area contributed by atoms with E-state index < -0.39 is 61.4 Å². The first-order valence-electron chi connectivity index (χ1n) is 13.7. The molecule has 1 heterocycles. The maximum Gasteiger partial charge on any atom is 0.342 e. The van der Waals surface area contributed by atoms with E-state index in [0.29, 0.717) is 5.57 Å². The molecule has 1 aliphatic heterocycles. The molecule has 2 rings (SSSR count). The summed E-state index contributed by atoms with van der Waals surface area (Å²) in [4.78, 5) is 25.2. The first-order valence-corrected chi connectivity index (χ1v) is 17.8. The van der Waals surface area contributed by atoms with Gasteiger partial charge in [0.2, 0.25) is 0 Å². The van der Waals surface area contributed by atoms with Crippen LogP contribution in [-0.2, 0) is 29.2 Å². The number of fused-ring (bicyclic) bond motifs is 1. The van der Waals surface area contributed by atoms with Crippen LogP contribution in [0, 0.1) is 5.92 Å². The largest absolute Gasteiger partial charge is 0.507 e. The maximum absolute atomic E-state index is 13.0. The summed E-state index contributed by atoms with van der Waals surface area (Å²) in [5.41, 5.74) is 0.613. The predicted octanol–water partition coefficient (Wildman–Crippen LogP) is 1.21. The Morgan fingerprint density at radius 2 is 1.79 bits per heavy atom. The van der Waals surface area contributed by atoms with Gasteiger partial charge in [-0.3, -0.25) is 4.79 Å². The van der Waals surface area contributed by atoms with Crippen molar-refractivity contribution in [3.8, 4) is 11.5 Å². The van der Waals surface area contributed by atoms with Gasteiger partial charge in [0, 0.05) is 37.6 Å². The van der Waals surface area contributed by atoms with Crippen molar-refractivity contribution in [2.75, 3.05) is 43.7 Å². The number of sulfone groups is 2. The third-order valence-electron chi connectivity index (χ3n) is 6.52. The molecule has 1 aromatic rings. The summed E-state index contributed by atoms with van der Waals surface area (Å²) in [6.07, 6.45) is 5.63. The van der Waals surface area contributed by atoms with Gasteiger partial charge in [0.1, 0.15) is 45.7 Å². The van der Waals surface area contributed by atoms with Gasteiger partial charge in [0.25, 0.3) is 0 Å². The first kappa shape index (κ1) is 36.2. The lowest BCUT2D eigenvalue weighted by molar-refractivity contribution is -0.127. The van der Waals surface area contributed by atoms with E-state index in [1.807, 2.05) is 0 Å². The fraction of sp³-hybridized carbons (Fsp3) is 0.517. The molecule has 0 aliphatic carbocycles. The zero-order valence-corrected chi connectivity index (χ0v) is 26.4. The highest BCUT2D eigenvalue weighted by atomic mass is 32.2. The lowest BCUT2D eigenvalue weighted by atomic mass is 9.99. The lowest BCUT2D eigenvalue weighted by Gasteiger charge is -2.20. The summed E-state index contributed by atoms with van der Waals surface area (Å²) in [6, 6.07) is 2.74. The van der Waals surface area contributed by atoms with E-state index in [1.54, 1.807) is 19.9 Å². The van der Waals surface area contributed by atoms with Crippen molar-refractivity contribution in [2.45, 2.75) is 45.0 Å². The normalized spacial score (nSPS) is 24.0. The van der Waals surface area contributed by atoms with E-state index in [2.05, 4.69) is 5.32 Å². The van der Waals surface area contributed by atoms with Crippen molar-refractivity contribution in [1.29, 1.82) is 0 Å². The fourth-order valence-electron chi connectivity index (χ4n) is 4.03. The summed E-state index contributed by atoms with van der Waals surface area (Å²) in [5.74, 6) is -2.42. The number of aliphatic hydroxyl groups excluding tert-OH is 2. The van der Waals surface area contributed by atoms with E-state index in [0.717, 1.165) is 18.6 Å². The number of hydrogen-bond donors (Lipinski definition) is 4. The monoisotopic (exact) mass is 643 g/mol. The number of ether oxygens (including phenoxy) is 2. The Labute approximate surface area is 252 Å². The Bertz CT molecular complexity index is 1450. The number of phenolic OH excluding ortho intramolecular Hbond substituents is 1. The van der Waals surface area contributed by atoms with Crippen molar-refractivity contribution >= 4 is 37.5 Å². The number of hydrogen-bond acceptors (Lipinski definition) is 12. The molecule has 43 heavy (non-hydrogen) atoms. The molecule has 1 aromatic carbocycles. The van der Waals surface area contributed by atoms with E-state index in [-0.39, 0.29) is 60.9 Å². The minimum absolute atomic E-state index is 0.0930. The smallest absolute Gasteiger partial charge is 0.342 e. The molecule has 0 fully saturated rings. The molecule has 0 amide bonds. The summed E-state index contributed by atoms with van der Waals surface area (Å²) >= 11 is 0. The molecule has 0 saturated heterocycles. The molecular weight excluding hydrogens is 602 g/mol. The van der Waals surface area contributed by atoms with Gasteiger partial charge in [-0.2, -0.15) is 0 Å². The number of aromatic hydroxyl groups is 1. The molecular formula is C29H41NO11S2. The molecule has 0 radical (unpaired) electrons. The van der Waals surface area contributed by atoms with Gasteiger partial charge in [-0.25, -0.2) is 21.6 Å². The van der Waals surface area contributed by atoms with Gasteiger partial charge in [-0.1, -0.05) is 31.2 Å². The van der Waals surface area contributed by atoms with Gasteiger partial charge in [0.15, 0.2) is 15.6 Å². The highest BCUT2D eigenvalue weighted by molar-refractivity contribution is 7.91. The molecule has 4 atom stereocenters. The van der Waals surface area contributed by atoms with E-state index in [1.165, 1.54) is 30.4 Å². The van der Waals surface area contributed by atoms with Gasteiger partial charge in [0.05, 0.1) is 17.6 Å². The summed E-state index contributed by atoms with van der Waals surface area (Å²) < 4.78 is 57.6. The van der Waals surface area contributed by atoms with Gasteiger partial charge in [-0.15, -0.1) is 0 Å². The quantitative estimate of drug-likeness (QED) is 0.153. The second kappa shape index (κ2) is 16.1. The topological polar surface area (TPSA) is 194 Å². The van der Waals surface area contributed by atoms with Crippen LogP contribution < -0.4 is 10.1 Å². The first-order chi connectivity index (χ1) is 20.0. The van der Waals surface area contributed by atoms with Crippen LogP contribution >= 0.6 is 0 Å². The van der Waals surface area contributed by atoms with E-state index in [9.17, 15) is 41.7 Å². The molecule has 0 bridgehead atoms. The van der Waals surface area contributed by atoms with Crippen molar-refractivity contribution in [2.24, 2.45) is 5.92 Å². The molecule has 4 N–H and O–H groups in total. The van der Waals surface area contributed by atoms with Crippen LogP contribution in [0.5, 0.6) is 11.5 Å². The third kappa shape index (κ3) is 13.0. The molecule has 12 nitrogen and oxygen atoms in total. The average molecular weight is 644 g/mol. The second-order valence-electron chi connectivity index (χ2n) is 10.7. The Morgan fingerprint density at radius 1 is 1.09 bits per heavy atom. The number of nitrogens with one attached hydrogen (secondary N) is 1. The van der Waals surface area contributed by atoms with Crippen LogP contribution in [0.1, 0.15) is 42.6 Å². The minimum atomic E-state index is -3.34. The summed E-state index contributed by atoms with van der Waals surface area (Å²) in [5, 5.41) is 34.2. The Balaban J connectivity index is 2.17. The lowest BCUT2D eigenvalue weighted by Crippen LogP contribution is -2.32. The number of carbonyl (C=O) groups excluding carboxylic acids is 2. The fourth-order valence-corrected chi connectivity index (χ4v) is 5.47. The summed E-state index contributed by atoms with van der Waals surface area (Å²) in [6.45, 7) is 3.87. The van der Waals surface area contributed by atoms with Crippen molar-refractivity contribution in [3.05, 3.63) is 53.1 Å². The number of allylic oxidation sites excluding steroid dienone is 1. The third-order valence-corrected chi connectivity index (χ3v) is 8.40. The number of rotatable bonds is 11. The molecule has 0 saturated carbocycles. The van der Waals surface area contributed by atoms with E-state index in [4.69, 9.17) is 9.47 Å². The number of cyclic esters (lactones) is 1. The average Bonchev–Trinajstić information content (AvgIpc) is 2.88.